The fraction of sp³-hybridized carbons (Fsp3) is 0.455. The van der Waals surface area contributed by atoms with Gasteiger partial charge in [0, 0.05) is 0 Å². The highest BCUT2D eigenvalue weighted by atomic mass is 19.4. The third kappa shape index (κ3) is 3.57. The summed E-state index contributed by atoms with van der Waals surface area (Å²) in [4.78, 5) is 0. The molecule has 1 nitrogen and oxygen atoms in total. The molecule has 0 aromatic heterocycles. The lowest BCUT2D eigenvalue weighted by Crippen LogP contribution is -2.09. The van der Waals surface area contributed by atoms with Gasteiger partial charge in [0.1, 0.15) is 5.75 Å². The topological polar surface area (TPSA) is 9.23 Å². The Bertz CT molecular complexity index is 384. The molecular formula is C11H11F5O. The molecular weight excluding hydrogens is 243 g/mol. The smallest absolute Gasteiger partial charge is 0.416 e. The molecule has 0 atom stereocenters. The second kappa shape index (κ2) is 4.89. The third-order valence-electron chi connectivity index (χ3n) is 2.18. The van der Waals surface area contributed by atoms with Crippen molar-refractivity contribution >= 4 is 0 Å². The summed E-state index contributed by atoms with van der Waals surface area (Å²) in [6.07, 6.45) is -4.57. The van der Waals surface area contributed by atoms with E-state index in [4.69, 9.17) is 0 Å². The predicted octanol–water partition coefficient (Wildman–Crippen LogP) is 4.43. The maximum absolute atomic E-state index is 12.4. The summed E-state index contributed by atoms with van der Waals surface area (Å²) in [5, 5.41) is 0. The first-order valence-electron chi connectivity index (χ1n) is 4.87. The Balaban J connectivity index is 3.19. The number of ether oxygens (including phenoxy) is 1. The van der Waals surface area contributed by atoms with Gasteiger partial charge in [0.2, 0.25) is 0 Å². The standard InChI is InChI=1S/C11H11F5O/c1-6(2)8-4-3-7(11(14,15)16)5-9(8)17-10(12)13/h3-6,10H,1-2H3. The van der Waals surface area contributed by atoms with Gasteiger partial charge < -0.3 is 4.74 Å². The Morgan fingerprint density at radius 2 is 1.71 bits per heavy atom. The SMILES string of the molecule is CC(C)c1ccc(C(F)(F)F)cc1OC(F)F. The van der Waals surface area contributed by atoms with E-state index in [0.29, 0.717) is 11.6 Å². The minimum absolute atomic E-state index is 0.203. The van der Waals surface area contributed by atoms with Crippen molar-refractivity contribution in [2.24, 2.45) is 0 Å². The Hall–Kier alpha value is -1.33. The van der Waals surface area contributed by atoms with Gasteiger partial charge >= 0.3 is 12.8 Å². The molecule has 1 rings (SSSR count). The zero-order valence-corrected chi connectivity index (χ0v) is 9.18. The largest absolute Gasteiger partial charge is 0.435 e. The molecule has 0 amide bonds. The summed E-state index contributed by atoms with van der Waals surface area (Å²) >= 11 is 0. The summed E-state index contributed by atoms with van der Waals surface area (Å²) in [6.45, 7) is 0.220. The van der Waals surface area contributed by atoms with Crippen molar-refractivity contribution in [3.8, 4) is 5.75 Å². The molecule has 0 aliphatic carbocycles. The molecule has 6 heteroatoms. The van der Waals surface area contributed by atoms with Gasteiger partial charge in [-0.25, -0.2) is 0 Å². The number of halogens is 5. The second-order valence-corrected chi connectivity index (χ2v) is 3.78. The average molecular weight is 254 g/mol. The van der Waals surface area contributed by atoms with E-state index >= 15 is 0 Å². The Morgan fingerprint density at radius 1 is 1.12 bits per heavy atom. The van der Waals surface area contributed by atoms with Crippen molar-refractivity contribution in [1.82, 2.24) is 0 Å². The van der Waals surface area contributed by atoms with E-state index in [0.717, 1.165) is 12.1 Å². The van der Waals surface area contributed by atoms with Crippen LogP contribution in [0.15, 0.2) is 18.2 Å². The predicted molar refractivity (Wildman–Crippen MR) is 52.2 cm³/mol. The van der Waals surface area contributed by atoms with Crippen LogP contribution in [-0.2, 0) is 6.18 Å². The molecule has 1 aromatic carbocycles. The van der Waals surface area contributed by atoms with Crippen LogP contribution in [0.1, 0.15) is 30.9 Å². The molecule has 0 unspecified atom stereocenters. The molecule has 0 radical (unpaired) electrons. The van der Waals surface area contributed by atoms with Crippen LogP contribution in [0.4, 0.5) is 22.0 Å². The van der Waals surface area contributed by atoms with Crippen molar-refractivity contribution in [3.05, 3.63) is 29.3 Å². The highest BCUT2D eigenvalue weighted by Gasteiger charge is 2.31. The Labute approximate surface area is 95.2 Å². The quantitative estimate of drug-likeness (QED) is 0.725. The minimum atomic E-state index is -4.57. The lowest BCUT2D eigenvalue weighted by Gasteiger charge is -2.16. The molecule has 0 aliphatic heterocycles. The van der Waals surface area contributed by atoms with Crippen LogP contribution in [0.3, 0.4) is 0 Å². The van der Waals surface area contributed by atoms with Crippen LogP contribution in [-0.4, -0.2) is 6.61 Å². The normalized spacial score (nSPS) is 12.3. The zero-order valence-electron chi connectivity index (χ0n) is 9.18. The van der Waals surface area contributed by atoms with Gasteiger partial charge in [-0.15, -0.1) is 0 Å². The van der Waals surface area contributed by atoms with Gasteiger partial charge in [0.05, 0.1) is 5.56 Å². The molecule has 0 N–H and O–H groups in total. The van der Waals surface area contributed by atoms with Crippen LogP contribution < -0.4 is 4.74 Å². The molecule has 0 bridgehead atoms. The molecule has 17 heavy (non-hydrogen) atoms. The van der Waals surface area contributed by atoms with Crippen molar-refractivity contribution in [2.75, 3.05) is 0 Å². The minimum Gasteiger partial charge on any atom is -0.435 e. The highest BCUT2D eigenvalue weighted by Crippen LogP contribution is 2.35. The average Bonchev–Trinajstić information content (AvgIpc) is 2.14. The summed E-state index contributed by atoms with van der Waals surface area (Å²) in [5.74, 6) is -0.629. The van der Waals surface area contributed by atoms with Crippen molar-refractivity contribution in [1.29, 1.82) is 0 Å². The monoisotopic (exact) mass is 254 g/mol. The number of rotatable bonds is 3. The number of benzene rings is 1. The van der Waals surface area contributed by atoms with E-state index in [-0.39, 0.29) is 5.92 Å². The first-order valence-corrected chi connectivity index (χ1v) is 4.87. The van der Waals surface area contributed by atoms with Crippen molar-refractivity contribution in [3.63, 3.8) is 0 Å². The molecule has 0 saturated carbocycles. The zero-order chi connectivity index (χ0) is 13.2. The molecule has 0 fully saturated rings. The van der Waals surface area contributed by atoms with Gasteiger partial charge in [-0.2, -0.15) is 22.0 Å². The summed E-state index contributed by atoms with van der Waals surface area (Å²) in [7, 11) is 0. The van der Waals surface area contributed by atoms with E-state index < -0.39 is 24.1 Å². The molecule has 0 spiro atoms. The maximum atomic E-state index is 12.4. The van der Waals surface area contributed by atoms with Gasteiger partial charge in [-0.3, -0.25) is 0 Å². The molecule has 0 heterocycles. The summed E-state index contributed by atoms with van der Waals surface area (Å²) < 4.78 is 65.5. The number of alkyl halides is 5. The van der Waals surface area contributed by atoms with E-state index in [1.165, 1.54) is 0 Å². The first-order chi connectivity index (χ1) is 7.71. The molecule has 1 aromatic rings. The van der Waals surface area contributed by atoms with E-state index in [1.54, 1.807) is 13.8 Å². The lowest BCUT2D eigenvalue weighted by atomic mass is 10.00. The van der Waals surface area contributed by atoms with Crippen molar-refractivity contribution in [2.45, 2.75) is 32.6 Å². The van der Waals surface area contributed by atoms with Gasteiger partial charge in [0.25, 0.3) is 0 Å². The maximum Gasteiger partial charge on any atom is 0.416 e. The van der Waals surface area contributed by atoms with Gasteiger partial charge in [-0.1, -0.05) is 19.9 Å². The summed E-state index contributed by atoms with van der Waals surface area (Å²) in [6, 6.07) is 2.61. The number of hydrogen-bond acceptors (Lipinski definition) is 1. The van der Waals surface area contributed by atoms with Crippen LogP contribution in [0.2, 0.25) is 0 Å². The number of hydrogen-bond donors (Lipinski definition) is 0. The van der Waals surface area contributed by atoms with Gasteiger partial charge in [-0.05, 0) is 23.6 Å². The van der Waals surface area contributed by atoms with Gasteiger partial charge in [0.15, 0.2) is 0 Å². The van der Waals surface area contributed by atoms with Crippen LogP contribution >= 0.6 is 0 Å². The first kappa shape index (κ1) is 13.7. The highest BCUT2D eigenvalue weighted by molar-refractivity contribution is 5.40. The summed E-state index contributed by atoms with van der Waals surface area (Å²) in [5.41, 5.74) is -0.684. The Morgan fingerprint density at radius 3 is 2.12 bits per heavy atom. The van der Waals surface area contributed by atoms with Crippen molar-refractivity contribution < 1.29 is 26.7 Å². The van der Waals surface area contributed by atoms with E-state index in [2.05, 4.69) is 4.74 Å². The van der Waals surface area contributed by atoms with E-state index in [9.17, 15) is 22.0 Å². The Kier molecular flexibility index (Phi) is 3.95. The fourth-order valence-electron chi connectivity index (χ4n) is 1.39. The lowest BCUT2D eigenvalue weighted by molar-refractivity contribution is -0.138. The second-order valence-electron chi connectivity index (χ2n) is 3.78. The molecule has 0 aliphatic rings. The molecule has 0 saturated heterocycles. The van der Waals surface area contributed by atoms with Crippen LogP contribution in [0, 0.1) is 0 Å². The molecule has 96 valence electrons. The fourth-order valence-corrected chi connectivity index (χ4v) is 1.39. The van der Waals surface area contributed by atoms with Crippen LogP contribution in [0.25, 0.3) is 0 Å². The van der Waals surface area contributed by atoms with E-state index in [1.807, 2.05) is 0 Å². The third-order valence-corrected chi connectivity index (χ3v) is 2.18. The van der Waals surface area contributed by atoms with Crippen LogP contribution in [0.5, 0.6) is 5.75 Å².